The predicted molar refractivity (Wildman–Crippen MR) is 94.9 cm³/mol. The van der Waals surface area contributed by atoms with E-state index in [1.807, 2.05) is 37.3 Å². The second-order valence-electron chi connectivity index (χ2n) is 6.49. The number of nitrogens with zero attached hydrogens (tertiary/aromatic N) is 3. The topological polar surface area (TPSA) is 62.4 Å². The molecule has 1 atom stereocenters. The zero-order valence-electron chi connectivity index (χ0n) is 14.2. The van der Waals surface area contributed by atoms with Crippen LogP contribution in [0.15, 0.2) is 52.9 Å². The third kappa shape index (κ3) is 3.21. The molecular formula is C20H21N3O2. The van der Waals surface area contributed by atoms with Crippen LogP contribution in [0, 0.1) is 6.92 Å². The number of rotatable bonds is 4. The van der Waals surface area contributed by atoms with Crippen LogP contribution in [0.2, 0.25) is 0 Å². The quantitative estimate of drug-likeness (QED) is 0.794. The van der Waals surface area contributed by atoms with Gasteiger partial charge in [-0.15, -0.1) is 10.2 Å². The first-order valence-electron chi connectivity index (χ1n) is 8.57. The van der Waals surface area contributed by atoms with Crippen LogP contribution in [0.25, 0.3) is 11.5 Å². The number of hydrogen-bond acceptors (Lipinski definition) is 5. The van der Waals surface area contributed by atoms with Crippen LogP contribution < -0.4 is 0 Å². The molecule has 1 aliphatic heterocycles. The number of hydrogen-bond donors (Lipinski definition) is 1. The van der Waals surface area contributed by atoms with E-state index in [-0.39, 0.29) is 12.6 Å². The maximum Gasteiger partial charge on any atom is 0.247 e. The molecule has 128 valence electrons. The van der Waals surface area contributed by atoms with Gasteiger partial charge in [0.25, 0.3) is 0 Å². The number of aliphatic hydroxyl groups excluding tert-OH is 1. The van der Waals surface area contributed by atoms with Gasteiger partial charge >= 0.3 is 0 Å². The first-order chi connectivity index (χ1) is 12.2. The molecule has 0 fully saturated rings. The molecule has 2 heterocycles. The highest BCUT2D eigenvalue weighted by molar-refractivity contribution is 5.53. The number of aromatic nitrogens is 2. The number of benzene rings is 2. The first kappa shape index (κ1) is 16.0. The SMILES string of the molecule is Cc1cccc(-c2nnc(CN3CCc4ccccc4C3CO)o2)c1. The van der Waals surface area contributed by atoms with Crippen molar-refractivity contribution in [3.05, 3.63) is 71.1 Å². The van der Waals surface area contributed by atoms with Gasteiger partial charge in [0.05, 0.1) is 19.2 Å². The lowest BCUT2D eigenvalue weighted by Crippen LogP contribution is -2.36. The molecule has 3 aromatic rings. The van der Waals surface area contributed by atoms with Gasteiger partial charge in [0, 0.05) is 12.1 Å². The summed E-state index contributed by atoms with van der Waals surface area (Å²) in [4.78, 5) is 2.20. The van der Waals surface area contributed by atoms with Crippen LogP contribution in [0.3, 0.4) is 0 Å². The Labute approximate surface area is 146 Å². The van der Waals surface area contributed by atoms with E-state index in [2.05, 4.69) is 33.3 Å². The minimum atomic E-state index is -0.0285. The number of aryl methyl sites for hydroxylation is 1. The summed E-state index contributed by atoms with van der Waals surface area (Å²) in [6, 6.07) is 16.3. The van der Waals surface area contributed by atoms with E-state index in [1.54, 1.807) is 0 Å². The summed E-state index contributed by atoms with van der Waals surface area (Å²) in [6.45, 7) is 3.52. The average molecular weight is 335 g/mol. The molecule has 1 aliphatic rings. The molecule has 0 aliphatic carbocycles. The van der Waals surface area contributed by atoms with Gasteiger partial charge in [0.15, 0.2) is 0 Å². The molecule has 0 bridgehead atoms. The lowest BCUT2D eigenvalue weighted by atomic mass is 9.93. The summed E-state index contributed by atoms with van der Waals surface area (Å²) in [6.07, 6.45) is 0.964. The Morgan fingerprint density at radius 3 is 2.88 bits per heavy atom. The van der Waals surface area contributed by atoms with Gasteiger partial charge < -0.3 is 9.52 Å². The summed E-state index contributed by atoms with van der Waals surface area (Å²) in [7, 11) is 0. The Hall–Kier alpha value is -2.50. The third-order valence-corrected chi connectivity index (χ3v) is 4.77. The van der Waals surface area contributed by atoms with E-state index in [0.29, 0.717) is 18.3 Å². The number of aliphatic hydroxyl groups is 1. The molecule has 5 heteroatoms. The molecule has 1 unspecified atom stereocenters. The summed E-state index contributed by atoms with van der Waals surface area (Å²) >= 11 is 0. The fourth-order valence-corrected chi connectivity index (χ4v) is 3.49. The van der Waals surface area contributed by atoms with Crippen molar-refractivity contribution >= 4 is 0 Å². The monoisotopic (exact) mass is 335 g/mol. The van der Waals surface area contributed by atoms with Crippen LogP contribution in [-0.2, 0) is 13.0 Å². The Morgan fingerprint density at radius 1 is 1.16 bits per heavy atom. The van der Waals surface area contributed by atoms with Gasteiger partial charge in [-0.2, -0.15) is 0 Å². The van der Waals surface area contributed by atoms with Crippen molar-refractivity contribution < 1.29 is 9.52 Å². The third-order valence-electron chi connectivity index (χ3n) is 4.77. The molecule has 25 heavy (non-hydrogen) atoms. The number of fused-ring (bicyclic) bond motifs is 1. The van der Waals surface area contributed by atoms with E-state index in [0.717, 1.165) is 24.1 Å². The standard InChI is InChI=1S/C20H21N3O2/c1-14-5-4-7-16(11-14)20-22-21-19(25-20)12-23-10-9-15-6-2-3-8-17(15)18(23)13-24/h2-8,11,18,24H,9-10,12-13H2,1H3. The second-order valence-corrected chi connectivity index (χ2v) is 6.49. The van der Waals surface area contributed by atoms with Gasteiger partial charge in [-0.3, -0.25) is 4.90 Å². The molecular weight excluding hydrogens is 314 g/mol. The predicted octanol–water partition coefficient (Wildman–Crippen LogP) is 3.14. The normalized spacial score (nSPS) is 17.4. The van der Waals surface area contributed by atoms with Crippen LogP contribution in [0.5, 0.6) is 0 Å². The molecule has 0 saturated carbocycles. The van der Waals surface area contributed by atoms with Crippen molar-refractivity contribution in [3.8, 4) is 11.5 Å². The fraction of sp³-hybridized carbons (Fsp3) is 0.300. The molecule has 2 aromatic carbocycles. The molecule has 1 N–H and O–H groups in total. The van der Waals surface area contributed by atoms with Gasteiger partial charge in [0.2, 0.25) is 11.8 Å². The van der Waals surface area contributed by atoms with Crippen molar-refractivity contribution in [2.45, 2.75) is 25.9 Å². The molecule has 1 aromatic heterocycles. The van der Waals surface area contributed by atoms with Crippen LogP contribution in [0.4, 0.5) is 0 Å². The minimum absolute atomic E-state index is 0.0285. The van der Waals surface area contributed by atoms with E-state index in [1.165, 1.54) is 11.1 Å². The van der Waals surface area contributed by atoms with E-state index >= 15 is 0 Å². The molecule has 0 saturated heterocycles. The first-order valence-corrected chi connectivity index (χ1v) is 8.57. The lowest BCUT2D eigenvalue weighted by Gasteiger charge is -2.35. The van der Waals surface area contributed by atoms with Crippen LogP contribution in [-0.4, -0.2) is 33.4 Å². The Kier molecular flexibility index (Phi) is 4.34. The van der Waals surface area contributed by atoms with Crippen molar-refractivity contribution in [1.29, 1.82) is 0 Å². The zero-order chi connectivity index (χ0) is 17.2. The van der Waals surface area contributed by atoms with E-state index < -0.39 is 0 Å². The Morgan fingerprint density at radius 2 is 2.04 bits per heavy atom. The summed E-state index contributed by atoms with van der Waals surface area (Å²) in [5.41, 5.74) is 4.59. The average Bonchev–Trinajstić information content (AvgIpc) is 3.10. The Balaban J connectivity index is 1.55. The Bertz CT molecular complexity index is 875. The van der Waals surface area contributed by atoms with Gasteiger partial charge in [0.1, 0.15) is 0 Å². The van der Waals surface area contributed by atoms with Crippen molar-refractivity contribution in [3.63, 3.8) is 0 Å². The highest BCUT2D eigenvalue weighted by Gasteiger charge is 2.27. The largest absolute Gasteiger partial charge is 0.419 e. The maximum absolute atomic E-state index is 9.89. The van der Waals surface area contributed by atoms with Crippen molar-refractivity contribution in [2.24, 2.45) is 0 Å². The van der Waals surface area contributed by atoms with Crippen molar-refractivity contribution in [1.82, 2.24) is 15.1 Å². The summed E-state index contributed by atoms with van der Waals surface area (Å²) < 4.78 is 5.86. The summed E-state index contributed by atoms with van der Waals surface area (Å²) in [5, 5.41) is 18.3. The summed E-state index contributed by atoms with van der Waals surface area (Å²) in [5.74, 6) is 1.12. The van der Waals surface area contributed by atoms with Gasteiger partial charge in [-0.05, 0) is 36.6 Å². The molecule has 4 rings (SSSR count). The van der Waals surface area contributed by atoms with E-state index in [9.17, 15) is 5.11 Å². The highest BCUT2D eigenvalue weighted by Crippen LogP contribution is 2.30. The van der Waals surface area contributed by atoms with Crippen LogP contribution in [0.1, 0.15) is 28.6 Å². The maximum atomic E-state index is 9.89. The van der Waals surface area contributed by atoms with Gasteiger partial charge in [-0.1, -0.05) is 42.0 Å². The molecule has 0 spiro atoms. The molecule has 0 radical (unpaired) electrons. The lowest BCUT2D eigenvalue weighted by molar-refractivity contribution is 0.0997. The highest BCUT2D eigenvalue weighted by atomic mass is 16.4. The zero-order valence-corrected chi connectivity index (χ0v) is 14.2. The van der Waals surface area contributed by atoms with Gasteiger partial charge in [-0.25, -0.2) is 0 Å². The second kappa shape index (κ2) is 6.78. The molecule has 5 nitrogen and oxygen atoms in total. The smallest absolute Gasteiger partial charge is 0.247 e. The fourth-order valence-electron chi connectivity index (χ4n) is 3.49. The molecule has 0 amide bonds. The minimum Gasteiger partial charge on any atom is -0.419 e. The van der Waals surface area contributed by atoms with Crippen LogP contribution >= 0.6 is 0 Å². The van der Waals surface area contributed by atoms with E-state index in [4.69, 9.17) is 4.42 Å². The van der Waals surface area contributed by atoms with Crippen molar-refractivity contribution in [2.75, 3.05) is 13.2 Å².